The van der Waals surface area contributed by atoms with Crippen LogP contribution in [-0.4, -0.2) is 41.0 Å². The Morgan fingerprint density at radius 3 is 2.75 bits per heavy atom. The third-order valence-corrected chi connectivity index (χ3v) is 3.55. The average Bonchev–Trinajstić information content (AvgIpc) is 2.72. The lowest BCUT2D eigenvalue weighted by Gasteiger charge is -2.38. The number of amides is 2. The first kappa shape index (κ1) is 14.5. The Kier molecular flexibility index (Phi) is 4.08. The summed E-state index contributed by atoms with van der Waals surface area (Å²) in [7, 11) is 1.60. The summed E-state index contributed by atoms with van der Waals surface area (Å²) in [5.41, 5.74) is 5.66. The van der Waals surface area contributed by atoms with Gasteiger partial charge in [0.1, 0.15) is 5.76 Å². The molecule has 1 aromatic heterocycles. The van der Waals surface area contributed by atoms with Gasteiger partial charge in [-0.05, 0) is 26.2 Å². The van der Waals surface area contributed by atoms with Gasteiger partial charge in [0.15, 0.2) is 5.82 Å². The maximum atomic E-state index is 12.0. The van der Waals surface area contributed by atoms with Gasteiger partial charge in [-0.25, -0.2) is 0 Å². The highest BCUT2D eigenvalue weighted by Crippen LogP contribution is 2.32. The number of aromatic nitrogens is 1. The van der Waals surface area contributed by atoms with E-state index < -0.39 is 0 Å². The summed E-state index contributed by atoms with van der Waals surface area (Å²) >= 11 is 0. The first-order valence-electron chi connectivity index (χ1n) is 6.64. The van der Waals surface area contributed by atoms with Crippen LogP contribution in [0.4, 0.5) is 5.82 Å². The van der Waals surface area contributed by atoms with Crippen molar-refractivity contribution in [1.29, 1.82) is 0 Å². The summed E-state index contributed by atoms with van der Waals surface area (Å²) in [6.45, 7) is 1.71. The Morgan fingerprint density at radius 2 is 2.25 bits per heavy atom. The molecule has 3 N–H and O–H groups in total. The smallest absolute Gasteiger partial charge is 0.245 e. The Labute approximate surface area is 117 Å². The molecular weight excluding hydrogens is 260 g/mol. The molecule has 1 aliphatic carbocycles. The fraction of sp³-hybridized carbons (Fsp3) is 0.615. The molecule has 0 bridgehead atoms. The molecule has 1 saturated carbocycles. The molecule has 7 nitrogen and oxygen atoms in total. The van der Waals surface area contributed by atoms with Crippen molar-refractivity contribution in [2.45, 2.75) is 38.1 Å². The number of anilines is 1. The van der Waals surface area contributed by atoms with Crippen LogP contribution < -0.4 is 11.1 Å². The Hall–Kier alpha value is -1.89. The van der Waals surface area contributed by atoms with E-state index in [-0.39, 0.29) is 23.9 Å². The van der Waals surface area contributed by atoms with Crippen molar-refractivity contribution < 1.29 is 14.1 Å². The SMILES string of the molecule is Cc1cc(NC(=O)CN(C)C(=O)CC2(N)CCC2)no1. The molecule has 20 heavy (non-hydrogen) atoms. The number of aryl methyl sites for hydroxylation is 1. The van der Waals surface area contributed by atoms with Crippen LogP contribution in [0.15, 0.2) is 10.6 Å². The molecule has 1 aromatic rings. The second-order valence-corrected chi connectivity index (χ2v) is 5.51. The third-order valence-electron chi connectivity index (χ3n) is 3.55. The molecule has 0 aliphatic heterocycles. The number of carbonyl (C=O) groups excluding carboxylic acids is 2. The van der Waals surface area contributed by atoms with Gasteiger partial charge in [0.05, 0.1) is 6.54 Å². The highest BCUT2D eigenvalue weighted by molar-refractivity contribution is 5.93. The highest BCUT2D eigenvalue weighted by Gasteiger charge is 2.35. The Morgan fingerprint density at radius 1 is 1.55 bits per heavy atom. The molecule has 1 heterocycles. The first-order valence-corrected chi connectivity index (χ1v) is 6.64. The lowest BCUT2D eigenvalue weighted by Crippen LogP contribution is -2.50. The molecule has 1 aliphatic rings. The average molecular weight is 280 g/mol. The quantitative estimate of drug-likeness (QED) is 0.824. The minimum atomic E-state index is -0.370. The van der Waals surface area contributed by atoms with Crippen LogP contribution in [0.25, 0.3) is 0 Å². The van der Waals surface area contributed by atoms with E-state index in [1.54, 1.807) is 20.0 Å². The van der Waals surface area contributed by atoms with E-state index in [4.69, 9.17) is 10.3 Å². The van der Waals surface area contributed by atoms with E-state index in [0.29, 0.717) is 18.0 Å². The molecule has 1 fully saturated rings. The molecule has 2 rings (SSSR count). The zero-order valence-electron chi connectivity index (χ0n) is 11.8. The van der Waals surface area contributed by atoms with Crippen molar-refractivity contribution in [3.05, 3.63) is 11.8 Å². The number of nitrogens with zero attached hydrogens (tertiary/aromatic N) is 2. The maximum absolute atomic E-state index is 12.0. The summed E-state index contributed by atoms with van der Waals surface area (Å²) in [5, 5.41) is 6.23. The van der Waals surface area contributed by atoms with Crippen molar-refractivity contribution in [2.24, 2.45) is 5.73 Å². The van der Waals surface area contributed by atoms with Gasteiger partial charge < -0.3 is 20.5 Å². The zero-order valence-corrected chi connectivity index (χ0v) is 11.8. The number of hydrogen-bond acceptors (Lipinski definition) is 5. The van der Waals surface area contributed by atoms with Crippen molar-refractivity contribution in [2.75, 3.05) is 18.9 Å². The van der Waals surface area contributed by atoms with E-state index >= 15 is 0 Å². The van der Waals surface area contributed by atoms with Gasteiger partial charge in [0.2, 0.25) is 11.8 Å². The molecule has 0 aromatic carbocycles. The van der Waals surface area contributed by atoms with Crippen LogP contribution in [0.5, 0.6) is 0 Å². The molecule has 0 atom stereocenters. The first-order chi connectivity index (χ1) is 9.38. The monoisotopic (exact) mass is 280 g/mol. The van der Waals surface area contributed by atoms with Gasteiger partial charge in [-0.1, -0.05) is 5.16 Å². The minimum Gasteiger partial charge on any atom is -0.360 e. The summed E-state index contributed by atoms with van der Waals surface area (Å²) in [4.78, 5) is 25.1. The fourth-order valence-corrected chi connectivity index (χ4v) is 2.16. The largest absolute Gasteiger partial charge is 0.360 e. The van der Waals surface area contributed by atoms with E-state index in [9.17, 15) is 9.59 Å². The van der Waals surface area contributed by atoms with E-state index in [2.05, 4.69) is 10.5 Å². The summed E-state index contributed by atoms with van der Waals surface area (Å²) in [6.07, 6.45) is 3.10. The van der Waals surface area contributed by atoms with Gasteiger partial charge in [0, 0.05) is 25.1 Å². The third kappa shape index (κ3) is 3.57. The fourth-order valence-electron chi connectivity index (χ4n) is 2.16. The zero-order chi connectivity index (χ0) is 14.8. The molecule has 0 unspecified atom stereocenters. The van der Waals surface area contributed by atoms with Crippen LogP contribution in [0.1, 0.15) is 31.4 Å². The lowest BCUT2D eigenvalue weighted by atomic mass is 9.75. The van der Waals surface area contributed by atoms with Crippen LogP contribution in [0, 0.1) is 6.92 Å². The number of nitrogens with one attached hydrogen (secondary N) is 1. The van der Waals surface area contributed by atoms with Crippen LogP contribution in [0.2, 0.25) is 0 Å². The summed E-state index contributed by atoms with van der Waals surface area (Å²) in [5.74, 6) is 0.537. The lowest BCUT2D eigenvalue weighted by molar-refractivity contribution is -0.135. The van der Waals surface area contributed by atoms with Crippen LogP contribution in [0.3, 0.4) is 0 Å². The summed E-state index contributed by atoms with van der Waals surface area (Å²) < 4.78 is 4.84. The van der Waals surface area contributed by atoms with Crippen molar-refractivity contribution in [1.82, 2.24) is 10.1 Å². The normalized spacial score (nSPS) is 16.4. The van der Waals surface area contributed by atoms with Crippen LogP contribution >= 0.6 is 0 Å². The van der Waals surface area contributed by atoms with Crippen molar-refractivity contribution >= 4 is 17.6 Å². The van der Waals surface area contributed by atoms with E-state index in [1.807, 2.05) is 0 Å². The predicted molar refractivity (Wildman–Crippen MR) is 72.9 cm³/mol. The van der Waals surface area contributed by atoms with Gasteiger partial charge in [0.25, 0.3) is 0 Å². The number of rotatable bonds is 5. The summed E-state index contributed by atoms with van der Waals surface area (Å²) in [6, 6.07) is 1.61. The number of nitrogens with two attached hydrogens (primary N) is 1. The van der Waals surface area contributed by atoms with Crippen molar-refractivity contribution in [3.63, 3.8) is 0 Å². The molecule has 0 saturated heterocycles. The Bertz CT molecular complexity index is 507. The molecule has 0 radical (unpaired) electrons. The molecular formula is C13H20N4O3. The Balaban J connectivity index is 1.79. The van der Waals surface area contributed by atoms with E-state index in [0.717, 1.165) is 19.3 Å². The molecule has 110 valence electrons. The van der Waals surface area contributed by atoms with Gasteiger partial charge >= 0.3 is 0 Å². The number of carbonyl (C=O) groups is 2. The number of hydrogen-bond donors (Lipinski definition) is 2. The predicted octanol–water partition coefficient (Wildman–Crippen LogP) is 0.651. The van der Waals surface area contributed by atoms with Gasteiger partial charge in [-0.2, -0.15) is 0 Å². The highest BCUT2D eigenvalue weighted by atomic mass is 16.5. The van der Waals surface area contributed by atoms with Crippen molar-refractivity contribution in [3.8, 4) is 0 Å². The van der Waals surface area contributed by atoms with E-state index in [1.165, 1.54) is 4.90 Å². The second-order valence-electron chi connectivity index (χ2n) is 5.51. The van der Waals surface area contributed by atoms with Gasteiger partial charge in [-0.3, -0.25) is 9.59 Å². The second kappa shape index (κ2) is 5.62. The topological polar surface area (TPSA) is 101 Å². The maximum Gasteiger partial charge on any atom is 0.245 e. The molecule has 7 heteroatoms. The molecule has 2 amide bonds. The number of likely N-dealkylation sites (N-methyl/N-ethyl adjacent to an activating group) is 1. The van der Waals surface area contributed by atoms with Crippen LogP contribution in [-0.2, 0) is 9.59 Å². The van der Waals surface area contributed by atoms with Gasteiger partial charge in [-0.15, -0.1) is 0 Å². The minimum absolute atomic E-state index is 0.0270. The molecule has 0 spiro atoms. The standard InChI is InChI=1S/C13H20N4O3/c1-9-6-10(16-20-9)15-11(18)8-17(2)12(19)7-13(14)4-3-5-13/h6H,3-5,7-8,14H2,1-2H3,(H,15,16,18).